The molecule has 1 saturated heterocycles. The average molecular weight is 332 g/mol. The molecule has 0 spiro atoms. The zero-order chi connectivity index (χ0) is 17.4. The van der Waals surface area contributed by atoms with Crippen LogP contribution in [0.15, 0.2) is 18.3 Å². The lowest BCUT2D eigenvalue weighted by atomic mass is 10.1. The molecule has 4 heteroatoms. The van der Waals surface area contributed by atoms with Gasteiger partial charge >= 0.3 is 0 Å². The molecular weight excluding hydrogens is 298 g/mol. The molecule has 0 aromatic carbocycles. The summed E-state index contributed by atoms with van der Waals surface area (Å²) in [6.07, 6.45) is 9.64. The summed E-state index contributed by atoms with van der Waals surface area (Å²) in [4.78, 5) is 21.3. The van der Waals surface area contributed by atoms with Gasteiger partial charge in [0.05, 0.1) is 0 Å². The molecule has 0 unspecified atom stereocenters. The Morgan fingerprint density at radius 3 is 2.67 bits per heavy atom. The van der Waals surface area contributed by atoms with Crippen LogP contribution in [0.1, 0.15) is 56.7 Å². The smallest absolute Gasteiger partial charge is 0.222 e. The van der Waals surface area contributed by atoms with Gasteiger partial charge in [-0.25, -0.2) is 0 Å². The molecule has 1 atom stereocenters. The van der Waals surface area contributed by atoms with E-state index in [1.807, 2.05) is 24.2 Å². The van der Waals surface area contributed by atoms with Gasteiger partial charge in [-0.1, -0.05) is 12.8 Å². The van der Waals surface area contributed by atoms with Crippen LogP contribution in [0.3, 0.4) is 0 Å². The number of hydrogen-bond acceptors (Lipinski definition) is 3. The minimum absolute atomic E-state index is 0.185. The summed E-state index contributed by atoms with van der Waals surface area (Å²) in [5, 5.41) is 0. The highest BCUT2D eigenvalue weighted by Gasteiger charge is 2.17. The first-order chi connectivity index (χ1) is 11.6. The first kappa shape index (κ1) is 18.9. The molecule has 1 amide bonds. The first-order valence-corrected chi connectivity index (χ1v) is 9.46. The Labute approximate surface area is 147 Å². The van der Waals surface area contributed by atoms with E-state index in [4.69, 9.17) is 0 Å². The van der Waals surface area contributed by atoms with Crippen LogP contribution in [-0.4, -0.2) is 53.4 Å². The molecule has 1 aromatic rings. The van der Waals surface area contributed by atoms with E-state index >= 15 is 0 Å². The quantitative estimate of drug-likeness (QED) is 0.768. The van der Waals surface area contributed by atoms with Crippen LogP contribution in [0.25, 0.3) is 0 Å². The maximum Gasteiger partial charge on any atom is 0.222 e. The number of amides is 1. The molecular formula is C20H33N3O. The number of rotatable bonds is 7. The second-order valence-corrected chi connectivity index (χ2v) is 7.24. The standard InChI is InChI=1S/C20H33N3O/c1-17-10-11-21-19(15-17)16-18(2)22(3)20(24)9-8-14-23-12-6-4-5-7-13-23/h10-11,15,18H,4-9,12-14,16H2,1-3H3/t18-/m1/s1. The highest BCUT2D eigenvalue weighted by atomic mass is 16.2. The Balaban J connectivity index is 1.72. The van der Waals surface area contributed by atoms with Crippen LogP contribution >= 0.6 is 0 Å². The minimum Gasteiger partial charge on any atom is -0.343 e. The molecule has 24 heavy (non-hydrogen) atoms. The van der Waals surface area contributed by atoms with E-state index in [9.17, 15) is 4.79 Å². The van der Waals surface area contributed by atoms with Crippen molar-refractivity contribution in [2.24, 2.45) is 0 Å². The largest absolute Gasteiger partial charge is 0.343 e. The zero-order valence-electron chi connectivity index (χ0n) is 15.6. The number of likely N-dealkylation sites (N-methyl/N-ethyl adjacent to an activating group) is 1. The van der Waals surface area contributed by atoms with Crippen LogP contribution in [0, 0.1) is 6.92 Å². The Kier molecular flexibility index (Phi) is 7.70. The lowest BCUT2D eigenvalue weighted by Crippen LogP contribution is -2.37. The van der Waals surface area contributed by atoms with Crippen molar-refractivity contribution in [3.8, 4) is 0 Å². The maximum absolute atomic E-state index is 12.4. The Morgan fingerprint density at radius 1 is 1.29 bits per heavy atom. The highest BCUT2D eigenvalue weighted by molar-refractivity contribution is 5.76. The Bertz CT molecular complexity index is 509. The number of carbonyl (C=O) groups excluding carboxylic acids is 1. The number of hydrogen-bond donors (Lipinski definition) is 0. The predicted molar refractivity (Wildman–Crippen MR) is 99.1 cm³/mol. The zero-order valence-corrected chi connectivity index (χ0v) is 15.6. The third-order valence-electron chi connectivity index (χ3n) is 5.09. The summed E-state index contributed by atoms with van der Waals surface area (Å²) < 4.78 is 0. The molecule has 1 fully saturated rings. The minimum atomic E-state index is 0.185. The molecule has 1 aliphatic heterocycles. The predicted octanol–water partition coefficient (Wildman–Crippen LogP) is 3.44. The van der Waals surface area contributed by atoms with Gasteiger partial charge in [0.15, 0.2) is 0 Å². The van der Waals surface area contributed by atoms with Gasteiger partial charge in [-0.15, -0.1) is 0 Å². The average Bonchev–Trinajstić information content (AvgIpc) is 2.83. The van der Waals surface area contributed by atoms with Crippen LogP contribution in [0.4, 0.5) is 0 Å². The fourth-order valence-electron chi connectivity index (χ4n) is 3.39. The maximum atomic E-state index is 12.4. The van der Waals surface area contributed by atoms with E-state index in [-0.39, 0.29) is 11.9 Å². The van der Waals surface area contributed by atoms with Gasteiger partial charge in [0.25, 0.3) is 0 Å². The fraction of sp³-hybridized carbons (Fsp3) is 0.700. The molecule has 4 nitrogen and oxygen atoms in total. The normalized spacial score (nSPS) is 17.3. The molecule has 0 N–H and O–H groups in total. The van der Waals surface area contributed by atoms with Crippen LogP contribution in [0.2, 0.25) is 0 Å². The van der Waals surface area contributed by atoms with Gasteiger partial charge in [-0.05, 0) is 70.4 Å². The lowest BCUT2D eigenvalue weighted by Gasteiger charge is -2.26. The fourth-order valence-corrected chi connectivity index (χ4v) is 3.39. The number of nitrogens with zero attached hydrogens (tertiary/aromatic N) is 3. The topological polar surface area (TPSA) is 36.4 Å². The van der Waals surface area contributed by atoms with Crippen molar-refractivity contribution < 1.29 is 4.79 Å². The molecule has 0 saturated carbocycles. The molecule has 2 heterocycles. The van der Waals surface area contributed by atoms with Crippen molar-refractivity contribution in [3.63, 3.8) is 0 Å². The summed E-state index contributed by atoms with van der Waals surface area (Å²) in [7, 11) is 1.93. The van der Waals surface area contributed by atoms with Gasteiger partial charge in [0.2, 0.25) is 5.91 Å². The molecule has 0 bridgehead atoms. The molecule has 1 aromatic heterocycles. The number of carbonyl (C=O) groups is 1. The summed E-state index contributed by atoms with van der Waals surface area (Å²) in [5.74, 6) is 0.255. The molecule has 0 radical (unpaired) electrons. The molecule has 2 rings (SSSR count). The van der Waals surface area contributed by atoms with Crippen molar-refractivity contribution in [3.05, 3.63) is 29.6 Å². The third-order valence-corrected chi connectivity index (χ3v) is 5.09. The number of pyridine rings is 1. The number of aryl methyl sites for hydroxylation is 1. The van der Waals surface area contributed by atoms with Gasteiger partial charge < -0.3 is 9.80 Å². The van der Waals surface area contributed by atoms with Gasteiger partial charge in [0.1, 0.15) is 0 Å². The molecule has 134 valence electrons. The summed E-state index contributed by atoms with van der Waals surface area (Å²) >= 11 is 0. The monoisotopic (exact) mass is 331 g/mol. The van der Waals surface area contributed by atoms with Crippen molar-refractivity contribution in [2.45, 2.75) is 64.8 Å². The van der Waals surface area contributed by atoms with E-state index in [0.717, 1.165) is 25.1 Å². The molecule has 0 aliphatic carbocycles. The van der Waals surface area contributed by atoms with E-state index in [2.05, 4.69) is 29.8 Å². The van der Waals surface area contributed by atoms with Gasteiger partial charge in [-0.3, -0.25) is 9.78 Å². The number of aromatic nitrogens is 1. The molecule has 1 aliphatic rings. The summed E-state index contributed by atoms with van der Waals surface area (Å²) in [5.41, 5.74) is 2.28. The van der Waals surface area contributed by atoms with E-state index in [1.54, 1.807) is 0 Å². The second kappa shape index (κ2) is 9.77. The second-order valence-electron chi connectivity index (χ2n) is 7.24. The van der Waals surface area contributed by atoms with Crippen molar-refractivity contribution in [2.75, 3.05) is 26.7 Å². The summed E-state index contributed by atoms with van der Waals surface area (Å²) in [6, 6.07) is 4.30. The van der Waals surface area contributed by atoms with Crippen LogP contribution < -0.4 is 0 Å². The Morgan fingerprint density at radius 2 is 2.00 bits per heavy atom. The lowest BCUT2D eigenvalue weighted by molar-refractivity contribution is -0.131. The van der Waals surface area contributed by atoms with Crippen molar-refractivity contribution >= 4 is 5.91 Å². The van der Waals surface area contributed by atoms with E-state index < -0.39 is 0 Å². The van der Waals surface area contributed by atoms with Gasteiger partial charge in [-0.2, -0.15) is 0 Å². The van der Waals surface area contributed by atoms with Crippen molar-refractivity contribution in [1.29, 1.82) is 0 Å². The summed E-state index contributed by atoms with van der Waals surface area (Å²) in [6.45, 7) is 7.66. The first-order valence-electron chi connectivity index (χ1n) is 9.46. The number of likely N-dealkylation sites (tertiary alicyclic amines) is 1. The van der Waals surface area contributed by atoms with Crippen molar-refractivity contribution in [1.82, 2.24) is 14.8 Å². The highest BCUT2D eigenvalue weighted by Crippen LogP contribution is 2.12. The van der Waals surface area contributed by atoms with Crippen LogP contribution in [-0.2, 0) is 11.2 Å². The third kappa shape index (κ3) is 6.23. The van der Waals surface area contributed by atoms with Gasteiger partial charge in [0, 0.05) is 37.8 Å². The SMILES string of the molecule is Cc1ccnc(C[C@@H](C)N(C)C(=O)CCCN2CCCCCC2)c1. The Hall–Kier alpha value is -1.42. The van der Waals surface area contributed by atoms with E-state index in [0.29, 0.717) is 6.42 Å². The van der Waals surface area contributed by atoms with Crippen LogP contribution in [0.5, 0.6) is 0 Å². The van der Waals surface area contributed by atoms with E-state index in [1.165, 1.54) is 44.3 Å².